The molecule has 0 spiro atoms. The van der Waals surface area contributed by atoms with Gasteiger partial charge in [0.15, 0.2) is 5.70 Å². The lowest BCUT2D eigenvalue weighted by Gasteiger charge is -2.05. The van der Waals surface area contributed by atoms with E-state index in [4.69, 9.17) is 14.2 Å². The maximum Gasteiger partial charge on any atom is 0.363 e. The Morgan fingerprint density at radius 1 is 1.06 bits per heavy atom. The molecule has 0 radical (unpaired) electrons. The summed E-state index contributed by atoms with van der Waals surface area (Å²) in [5.74, 6) is -0.281. The SMILES string of the molecule is CCOc1ccc(C2=N/C(=C/c3cccc(OC(=O)c4cccc([N+](=O)[O-])c4)c3)C(=O)O2)cc1. The smallest absolute Gasteiger partial charge is 0.363 e. The van der Waals surface area contributed by atoms with Crippen molar-refractivity contribution < 1.29 is 28.7 Å². The topological polar surface area (TPSA) is 117 Å². The first-order valence-electron chi connectivity index (χ1n) is 10.3. The minimum atomic E-state index is -0.746. The van der Waals surface area contributed by atoms with Crippen LogP contribution in [0.3, 0.4) is 0 Å². The maximum absolute atomic E-state index is 12.4. The highest BCUT2D eigenvalue weighted by molar-refractivity contribution is 6.12. The number of nitrogens with zero attached hydrogens (tertiary/aromatic N) is 2. The monoisotopic (exact) mass is 458 g/mol. The van der Waals surface area contributed by atoms with Crippen molar-refractivity contribution >= 4 is 29.6 Å². The quantitative estimate of drug-likeness (QED) is 0.167. The molecule has 0 amide bonds. The molecule has 0 aromatic heterocycles. The zero-order valence-electron chi connectivity index (χ0n) is 18.0. The number of aliphatic imine (C=N–C) groups is 1. The maximum atomic E-state index is 12.4. The van der Waals surface area contributed by atoms with E-state index in [1.54, 1.807) is 48.5 Å². The van der Waals surface area contributed by atoms with E-state index in [0.29, 0.717) is 23.5 Å². The molecule has 0 N–H and O–H groups in total. The fourth-order valence-corrected chi connectivity index (χ4v) is 3.13. The Labute approximate surface area is 194 Å². The Morgan fingerprint density at radius 2 is 1.82 bits per heavy atom. The van der Waals surface area contributed by atoms with E-state index in [-0.39, 0.29) is 28.6 Å². The lowest BCUT2D eigenvalue weighted by atomic mass is 10.1. The molecule has 170 valence electrons. The molecular formula is C25H18N2O7. The summed E-state index contributed by atoms with van der Waals surface area (Å²) in [7, 11) is 0. The fourth-order valence-electron chi connectivity index (χ4n) is 3.13. The van der Waals surface area contributed by atoms with Crippen molar-refractivity contribution in [3.05, 3.63) is 105 Å². The van der Waals surface area contributed by atoms with Gasteiger partial charge in [-0.15, -0.1) is 0 Å². The predicted octanol–water partition coefficient (Wildman–Crippen LogP) is 4.56. The average molecular weight is 458 g/mol. The van der Waals surface area contributed by atoms with Gasteiger partial charge in [-0.1, -0.05) is 18.2 Å². The van der Waals surface area contributed by atoms with Gasteiger partial charge in [0.2, 0.25) is 5.90 Å². The number of ether oxygens (including phenoxy) is 3. The van der Waals surface area contributed by atoms with Crippen molar-refractivity contribution in [3.63, 3.8) is 0 Å². The first-order chi connectivity index (χ1) is 16.4. The van der Waals surface area contributed by atoms with Crippen LogP contribution < -0.4 is 9.47 Å². The second-order valence-corrected chi connectivity index (χ2v) is 7.06. The van der Waals surface area contributed by atoms with E-state index in [0.717, 1.165) is 6.07 Å². The number of nitro groups is 1. The third-order valence-electron chi connectivity index (χ3n) is 4.70. The van der Waals surface area contributed by atoms with Gasteiger partial charge in [0, 0.05) is 17.7 Å². The molecule has 3 aromatic rings. The van der Waals surface area contributed by atoms with Crippen molar-refractivity contribution in [1.82, 2.24) is 0 Å². The van der Waals surface area contributed by atoms with Crippen molar-refractivity contribution in [2.24, 2.45) is 4.99 Å². The van der Waals surface area contributed by atoms with Crippen molar-refractivity contribution in [1.29, 1.82) is 0 Å². The molecule has 34 heavy (non-hydrogen) atoms. The summed E-state index contributed by atoms with van der Waals surface area (Å²) in [6.07, 6.45) is 1.51. The van der Waals surface area contributed by atoms with Crippen LogP contribution in [0.15, 0.2) is 83.5 Å². The Hall–Kier alpha value is -4.79. The van der Waals surface area contributed by atoms with Crippen LogP contribution in [0.25, 0.3) is 6.08 Å². The van der Waals surface area contributed by atoms with E-state index < -0.39 is 16.9 Å². The van der Waals surface area contributed by atoms with Crippen LogP contribution >= 0.6 is 0 Å². The third kappa shape index (κ3) is 5.16. The molecule has 4 rings (SSSR count). The van der Waals surface area contributed by atoms with E-state index in [9.17, 15) is 19.7 Å². The summed E-state index contributed by atoms with van der Waals surface area (Å²) in [6.45, 7) is 2.43. The largest absolute Gasteiger partial charge is 0.494 e. The third-order valence-corrected chi connectivity index (χ3v) is 4.70. The molecule has 0 fully saturated rings. The lowest BCUT2D eigenvalue weighted by Crippen LogP contribution is -2.08. The number of hydrogen-bond donors (Lipinski definition) is 0. The second kappa shape index (κ2) is 9.78. The van der Waals surface area contributed by atoms with Crippen molar-refractivity contribution in [2.45, 2.75) is 6.92 Å². The number of rotatable bonds is 7. The van der Waals surface area contributed by atoms with Crippen LogP contribution in [0.5, 0.6) is 11.5 Å². The average Bonchev–Trinajstić information content (AvgIpc) is 3.20. The Morgan fingerprint density at radius 3 is 2.56 bits per heavy atom. The van der Waals surface area contributed by atoms with E-state index in [2.05, 4.69) is 4.99 Å². The van der Waals surface area contributed by atoms with E-state index >= 15 is 0 Å². The van der Waals surface area contributed by atoms with Crippen molar-refractivity contribution in [2.75, 3.05) is 6.61 Å². The molecule has 9 nitrogen and oxygen atoms in total. The van der Waals surface area contributed by atoms with Crippen LogP contribution in [0.1, 0.15) is 28.4 Å². The normalized spacial score (nSPS) is 13.9. The zero-order chi connectivity index (χ0) is 24.1. The molecular weight excluding hydrogens is 440 g/mol. The van der Waals surface area contributed by atoms with Gasteiger partial charge in [-0.3, -0.25) is 10.1 Å². The van der Waals surface area contributed by atoms with Gasteiger partial charge in [0.25, 0.3) is 5.69 Å². The lowest BCUT2D eigenvalue weighted by molar-refractivity contribution is -0.384. The van der Waals surface area contributed by atoms with E-state index in [1.165, 1.54) is 24.3 Å². The van der Waals surface area contributed by atoms with Crippen molar-refractivity contribution in [3.8, 4) is 11.5 Å². The Kier molecular flexibility index (Phi) is 6.45. The van der Waals surface area contributed by atoms with Gasteiger partial charge in [-0.25, -0.2) is 14.6 Å². The first-order valence-corrected chi connectivity index (χ1v) is 10.3. The highest BCUT2D eigenvalue weighted by atomic mass is 16.6. The van der Waals surface area contributed by atoms with Gasteiger partial charge in [-0.05, 0) is 61.0 Å². The van der Waals surface area contributed by atoms with Crippen LogP contribution in [-0.2, 0) is 9.53 Å². The summed E-state index contributed by atoms with van der Waals surface area (Å²) in [6, 6.07) is 18.7. The summed E-state index contributed by atoms with van der Waals surface area (Å²) in [5, 5.41) is 10.9. The van der Waals surface area contributed by atoms with Crippen LogP contribution in [-0.4, -0.2) is 29.4 Å². The molecule has 1 aliphatic heterocycles. The molecule has 3 aromatic carbocycles. The Bertz CT molecular complexity index is 1330. The minimum Gasteiger partial charge on any atom is -0.494 e. The standard InChI is InChI=1S/C25H18N2O7/c1-2-32-20-11-9-17(10-12-20)23-26-22(25(29)34-23)14-16-5-3-8-21(13-16)33-24(28)18-6-4-7-19(15-18)27(30)31/h3-15H,2H2,1H3/b22-14+. The molecule has 0 saturated heterocycles. The predicted molar refractivity (Wildman–Crippen MR) is 123 cm³/mol. The highest BCUT2D eigenvalue weighted by Crippen LogP contribution is 2.23. The molecule has 0 unspecified atom stereocenters. The first kappa shape index (κ1) is 22.4. The summed E-state index contributed by atoms with van der Waals surface area (Å²) in [4.78, 5) is 39.3. The number of non-ortho nitro benzene ring substituents is 1. The molecule has 9 heteroatoms. The molecule has 0 bridgehead atoms. The van der Waals surface area contributed by atoms with Gasteiger partial charge in [-0.2, -0.15) is 0 Å². The number of hydrogen-bond acceptors (Lipinski definition) is 8. The number of cyclic esters (lactones) is 1. The molecule has 1 heterocycles. The fraction of sp³-hybridized carbons (Fsp3) is 0.0800. The van der Waals surface area contributed by atoms with Gasteiger partial charge < -0.3 is 14.2 Å². The highest BCUT2D eigenvalue weighted by Gasteiger charge is 2.24. The number of esters is 2. The van der Waals surface area contributed by atoms with Crippen LogP contribution in [0.4, 0.5) is 5.69 Å². The molecule has 0 saturated carbocycles. The molecule has 0 aliphatic carbocycles. The second-order valence-electron chi connectivity index (χ2n) is 7.06. The Balaban J connectivity index is 1.51. The number of carbonyl (C=O) groups is 2. The van der Waals surface area contributed by atoms with Gasteiger partial charge in [0.05, 0.1) is 17.1 Å². The van der Waals surface area contributed by atoms with Gasteiger partial charge >= 0.3 is 11.9 Å². The van der Waals surface area contributed by atoms with Crippen LogP contribution in [0.2, 0.25) is 0 Å². The minimum absolute atomic E-state index is 0.0434. The number of carbonyl (C=O) groups excluding carboxylic acids is 2. The summed E-state index contributed by atoms with van der Waals surface area (Å²) in [5.41, 5.74) is 1.09. The summed E-state index contributed by atoms with van der Waals surface area (Å²) < 4.78 is 16.0. The molecule has 0 atom stereocenters. The van der Waals surface area contributed by atoms with Crippen LogP contribution in [0, 0.1) is 10.1 Å². The van der Waals surface area contributed by atoms with E-state index in [1.807, 2.05) is 6.92 Å². The number of nitro benzene ring substituents is 1. The van der Waals surface area contributed by atoms with Gasteiger partial charge in [0.1, 0.15) is 11.5 Å². The summed E-state index contributed by atoms with van der Waals surface area (Å²) >= 11 is 0. The number of benzene rings is 3. The zero-order valence-corrected chi connectivity index (χ0v) is 18.0. The molecule has 1 aliphatic rings.